The Hall–Kier alpha value is -2.96. The molecule has 12 heteroatoms. The molecule has 1 fully saturated rings. The quantitative estimate of drug-likeness (QED) is 0.0958. The Morgan fingerprint density at radius 1 is 1.07 bits per heavy atom. The van der Waals surface area contributed by atoms with E-state index in [9.17, 15) is 44.3 Å². The minimum atomic E-state index is -3.17. The van der Waals surface area contributed by atoms with Gasteiger partial charge in [0, 0.05) is 5.56 Å². The molecule has 1 saturated heterocycles. The number of carbonyl (C=O) groups excluding carboxylic acids is 3. The molecule has 2 heterocycles. The number of phenols is 2. The molecule has 2 aliphatic heterocycles. The maximum Gasteiger partial charge on any atom is 0.286 e. The zero-order chi connectivity index (χ0) is 20.9. The van der Waals surface area contributed by atoms with Crippen LogP contribution in [0.25, 0.3) is 0 Å². The van der Waals surface area contributed by atoms with E-state index < -0.39 is 70.8 Å². The lowest BCUT2D eigenvalue weighted by atomic mass is 9.94. The molecule has 1 aromatic rings. The monoisotopic (exact) mass is 387 g/mol. The first-order valence-electron chi connectivity index (χ1n) is 7.78. The lowest BCUT2D eigenvalue weighted by Gasteiger charge is -2.41. The maximum atomic E-state index is 13.7. The summed E-state index contributed by atoms with van der Waals surface area (Å²) in [6.45, 7) is 3.33. The first kappa shape index (κ1) is 20.4. The highest BCUT2D eigenvalue weighted by Gasteiger charge is 2.59. The van der Waals surface area contributed by atoms with Crippen molar-refractivity contribution in [3.63, 3.8) is 0 Å². The Bertz CT molecular complexity index is 856. The summed E-state index contributed by atoms with van der Waals surface area (Å²) in [5.74, 6) is -11.3. The standard InChI is InChI=1S/C13H12FN3O8.C2H6/c14-5-7(18)4-3(6(15)8(5)19)1-17(9(4)20)12(23)2-13(24,25)11(22)16-10(12)21;1-2/h18-19,23-25H,1-2,15H2,(H,16,21,22);1-2H3. The van der Waals surface area contributed by atoms with Crippen molar-refractivity contribution in [2.24, 2.45) is 0 Å². The van der Waals surface area contributed by atoms with Crippen LogP contribution in [0.5, 0.6) is 11.5 Å². The second-order valence-electron chi connectivity index (χ2n) is 5.76. The highest BCUT2D eigenvalue weighted by Crippen LogP contribution is 2.45. The van der Waals surface area contributed by atoms with E-state index in [2.05, 4.69) is 0 Å². The number of nitrogens with zero attached hydrogens (tertiary/aromatic N) is 1. The number of benzene rings is 1. The van der Waals surface area contributed by atoms with Gasteiger partial charge in [-0.05, 0) is 0 Å². The van der Waals surface area contributed by atoms with Crippen LogP contribution >= 0.6 is 0 Å². The number of phenolic OH excluding ortho intramolecular Hbond substituents is 2. The number of rotatable bonds is 1. The number of nitrogens with one attached hydrogen (secondary N) is 1. The number of amides is 3. The third kappa shape index (κ3) is 2.74. The molecule has 0 radical (unpaired) electrons. The summed E-state index contributed by atoms with van der Waals surface area (Å²) in [7, 11) is 0. The van der Waals surface area contributed by atoms with Crippen LogP contribution in [0.4, 0.5) is 10.1 Å². The lowest BCUT2D eigenvalue weighted by Crippen LogP contribution is -2.70. The van der Waals surface area contributed by atoms with Gasteiger partial charge in [0.25, 0.3) is 23.5 Å². The topological polar surface area (TPSA) is 194 Å². The van der Waals surface area contributed by atoms with Crippen LogP contribution in [-0.4, -0.2) is 59.7 Å². The SMILES string of the molecule is CC.Nc1c(O)c(F)c(O)c2c1CN(C1(O)CC(O)(O)C(=O)NC1=O)C2=O. The van der Waals surface area contributed by atoms with Crippen molar-refractivity contribution >= 4 is 23.4 Å². The molecule has 8 N–H and O–H groups in total. The lowest BCUT2D eigenvalue weighted by molar-refractivity contribution is -0.232. The second kappa shape index (κ2) is 6.33. The first-order chi connectivity index (χ1) is 12.4. The highest BCUT2D eigenvalue weighted by molar-refractivity contribution is 6.10. The minimum absolute atomic E-state index is 0.277. The Balaban J connectivity index is 0.00000126. The van der Waals surface area contributed by atoms with E-state index in [0.717, 1.165) is 0 Å². The molecule has 2 aliphatic rings. The van der Waals surface area contributed by atoms with E-state index in [1.165, 1.54) is 5.32 Å². The van der Waals surface area contributed by atoms with Crippen molar-refractivity contribution in [2.45, 2.75) is 38.3 Å². The average Bonchev–Trinajstić information content (AvgIpc) is 2.96. The van der Waals surface area contributed by atoms with Gasteiger partial charge in [-0.25, -0.2) is 0 Å². The molecule has 1 unspecified atom stereocenters. The summed E-state index contributed by atoms with van der Waals surface area (Å²) in [5.41, 5.74) is 1.01. The maximum absolute atomic E-state index is 13.7. The number of halogens is 1. The first-order valence-corrected chi connectivity index (χ1v) is 7.78. The van der Waals surface area contributed by atoms with Gasteiger partial charge in [0.2, 0.25) is 11.5 Å². The van der Waals surface area contributed by atoms with Gasteiger partial charge in [-0.15, -0.1) is 0 Å². The van der Waals surface area contributed by atoms with Gasteiger partial charge in [0.05, 0.1) is 24.2 Å². The van der Waals surface area contributed by atoms with Gasteiger partial charge in [-0.1, -0.05) is 13.8 Å². The molecular weight excluding hydrogens is 369 g/mol. The normalized spacial score (nSPS) is 23.5. The minimum Gasteiger partial charge on any atom is -0.504 e. The van der Waals surface area contributed by atoms with Crippen molar-refractivity contribution in [1.29, 1.82) is 0 Å². The summed E-state index contributed by atoms with van der Waals surface area (Å²) in [6, 6.07) is 0. The number of hydrogen-bond donors (Lipinski definition) is 7. The third-order valence-corrected chi connectivity index (χ3v) is 4.20. The predicted molar refractivity (Wildman–Crippen MR) is 85.2 cm³/mol. The number of aliphatic hydroxyl groups is 3. The Kier molecular flexibility index (Phi) is 4.77. The molecule has 11 nitrogen and oxygen atoms in total. The molecule has 0 aromatic heterocycles. The molecule has 27 heavy (non-hydrogen) atoms. The summed E-state index contributed by atoms with van der Waals surface area (Å²) in [6.07, 6.45) is -1.29. The van der Waals surface area contributed by atoms with E-state index in [4.69, 9.17) is 5.73 Å². The molecular formula is C15H18FN3O8. The molecule has 0 bridgehead atoms. The molecule has 1 aromatic carbocycles. The number of aromatic hydroxyl groups is 2. The number of nitrogen functional groups attached to an aromatic ring is 1. The van der Waals surface area contributed by atoms with Gasteiger partial charge in [0.1, 0.15) is 0 Å². The number of piperidine rings is 1. The molecule has 3 amide bonds. The zero-order valence-corrected chi connectivity index (χ0v) is 14.3. The summed E-state index contributed by atoms with van der Waals surface area (Å²) in [5, 5.41) is 50.4. The van der Waals surface area contributed by atoms with Crippen LogP contribution in [0.2, 0.25) is 0 Å². The van der Waals surface area contributed by atoms with E-state index >= 15 is 0 Å². The van der Waals surface area contributed by atoms with E-state index in [-0.39, 0.29) is 5.56 Å². The van der Waals surface area contributed by atoms with Crippen molar-refractivity contribution in [2.75, 3.05) is 5.73 Å². The summed E-state index contributed by atoms with van der Waals surface area (Å²) >= 11 is 0. The molecule has 0 saturated carbocycles. The van der Waals surface area contributed by atoms with Crippen LogP contribution in [0.1, 0.15) is 36.2 Å². The van der Waals surface area contributed by atoms with E-state index in [1.807, 2.05) is 13.8 Å². The summed E-state index contributed by atoms with van der Waals surface area (Å²) < 4.78 is 13.7. The Morgan fingerprint density at radius 2 is 1.63 bits per heavy atom. The largest absolute Gasteiger partial charge is 0.504 e. The summed E-state index contributed by atoms with van der Waals surface area (Å²) in [4.78, 5) is 36.1. The van der Waals surface area contributed by atoms with Crippen molar-refractivity contribution in [3.05, 3.63) is 16.9 Å². The highest BCUT2D eigenvalue weighted by atomic mass is 19.1. The van der Waals surface area contributed by atoms with Gasteiger partial charge < -0.3 is 31.3 Å². The number of carbonyl (C=O) groups is 3. The van der Waals surface area contributed by atoms with Crippen LogP contribution in [-0.2, 0) is 16.1 Å². The van der Waals surface area contributed by atoms with Gasteiger partial charge in [-0.2, -0.15) is 4.39 Å². The predicted octanol–water partition coefficient (Wildman–Crippen LogP) is -1.78. The number of nitrogens with two attached hydrogens (primary N) is 1. The molecule has 3 rings (SSSR count). The van der Waals surface area contributed by atoms with Crippen molar-refractivity contribution in [3.8, 4) is 11.5 Å². The van der Waals surface area contributed by atoms with E-state index in [1.54, 1.807) is 0 Å². The number of anilines is 1. The van der Waals surface area contributed by atoms with Crippen molar-refractivity contribution in [1.82, 2.24) is 10.2 Å². The van der Waals surface area contributed by atoms with Crippen LogP contribution in [0.3, 0.4) is 0 Å². The molecule has 148 valence electrons. The van der Waals surface area contributed by atoms with Crippen LogP contribution < -0.4 is 11.1 Å². The molecule has 0 aliphatic carbocycles. The Morgan fingerprint density at radius 3 is 2.19 bits per heavy atom. The fraction of sp³-hybridized carbons (Fsp3) is 0.400. The number of hydrogen-bond acceptors (Lipinski definition) is 9. The van der Waals surface area contributed by atoms with Crippen LogP contribution in [0.15, 0.2) is 0 Å². The smallest absolute Gasteiger partial charge is 0.286 e. The van der Waals surface area contributed by atoms with Gasteiger partial charge >= 0.3 is 0 Å². The van der Waals surface area contributed by atoms with Gasteiger partial charge in [-0.3, -0.25) is 24.6 Å². The van der Waals surface area contributed by atoms with Crippen LogP contribution in [0, 0.1) is 5.82 Å². The fourth-order valence-corrected chi connectivity index (χ4v) is 2.84. The molecule has 1 atom stereocenters. The number of imide groups is 1. The molecule has 0 spiro atoms. The fourth-order valence-electron chi connectivity index (χ4n) is 2.84. The average molecular weight is 387 g/mol. The van der Waals surface area contributed by atoms with Gasteiger partial charge in [0.15, 0.2) is 11.5 Å². The van der Waals surface area contributed by atoms with Crippen molar-refractivity contribution < 1.29 is 44.3 Å². The number of fused-ring (bicyclic) bond motifs is 1. The second-order valence-corrected chi connectivity index (χ2v) is 5.76. The third-order valence-electron chi connectivity index (χ3n) is 4.20. The van der Waals surface area contributed by atoms with E-state index in [0.29, 0.717) is 4.90 Å². The zero-order valence-electron chi connectivity index (χ0n) is 14.3. The Labute approximate surface area is 151 Å².